The standard InChI is InChI=1S/C11H7ClN4O.C4H2Cl2N2/c12-11-13-5-4-9(16-11)15-8-3-1-2-7-10(8)17-6-14-7;5-3-1-2-7-4(6)8-3/h1-6H,(H,13,15,16);1-2H. The fraction of sp³-hybridized carbons (Fsp3) is 0. The molecule has 0 saturated heterocycles. The molecule has 0 bridgehead atoms. The second-order valence-corrected chi connectivity index (χ2v) is 5.55. The molecular formula is C15H9Cl3N6O. The Hall–Kier alpha value is -2.48. The van der Waals surface area contributed by atoms with E-state index in [1.54, 1.807) is 18.3 Å². The molecule has 0 spiro atoms. The predicted octanol–water partition coefficient (Wildman–Crippen LogP) is 4.80. The number of nitrogens with one attached hydrogen (secondary N) is 1. The van der Waals surface area contributed by atoms with Crippen molar-refractivity contribution in [3.63, 3.8) is 0 Å². The molecule has 10 heteroatoms. The van der Waals surface area contributed by atoms with Gasteiger partial charge in [0.05, 0.1) is 5.69 Å². The lowest BCUT2D eigenvalue weighted by molar-refractivity contribution is 0.603. The Labute approximate surface area is 157 Å². The van der Waals surface area contributed by atoms with Gasteiger partial charge in [0.2, 0.25) is 10.6 Å². The van der Waals surface area contributed by atoms with Crippen LogP contribution < -0.4 is 5.32 Å². The van der Waals surface area contributed by atoms with E-state index < -0.39 is 0 Å². The molecule has 0 atom stereocenters. The van der Waals surface area contributed by atoms with E-state index >= 15 is 0 Å². The Morgan fingerprint density at radius 2 is 1.60 bits per heavy atom. The molecule has 0 amide bonds. The van der Waals surface area contributed by atoms with E-state index in [1.807, 2.05) is 18.2 Å². The van der Waals surface area contributed by atoms with Crippen LogP contribution in [-0.4, -0.2) is 24.9 Å². The van der Waals surface area contributed by atoms with Crippen molar-refractivity contribution >= 4 is 57.4 Å². The highest BCUT2D eigenvalue weighted by molar-refractivity contribution is 6.31. The van der Waals surface area contributed by atoms with Crippen molar-refractivity contribution in [1.29, 1.82) is 0 Å². The lowest BCUT2D eigenvalue weighted by Crippen LogP contribution is -1.94. The first-order chi connectivity index (χ1) is 12.1. The zero-order chi connectivity index (χ0) is 17.6. The van der Waals surface area contributed by atoms with Gasteiger partial charge >= 0.3 is 0 Å². The molecule has 3 heterocycles. The number of aromatic nitrogens is 5. The Morgan fingerprint density at radius 1 is 0.840 bits per heavy atom. The highest BCUT2D eigenvalue weighted by Crippen LogP contribution is 2.24. The molecule has 0 fully saturated rings. The number of oxazole rings is 1. The van der Waals surface area contributed by atoms with Crippen LogP contribution in [0.3, 0.4) is 0 Å². The molecule has 0 radical (unpaired) electrons. The third-order valence-corrected chi connectivity index (χ3v) is 3.41. The maximum atomic E-state index is 5.71. The highest BCUT2D eigenvalue weighted by atomic mass is 35.5. The van der Waals surface area contributed by atoms with Gasteiger partial charge in [-0.3, -0.25) is 0 Å². The molecule has 0 unspecified atom stereocenters. The first-order valence-electron chi connectivity index (χ1n) is 6.83. The third kappa shape index (κ3) is 4.76. The van der Waals surface area contributed by atoms with Crippen LogP contribution in [0.2, 0.25) is 15.7 Å². The van der Waals surface area contributed by atoms with Gasteiger partial charge in [-0.2, -0.15) is 0 Å². The summed E-state index contributed by atoms with van der Waals surface area (Å²) in [6.07, 6.45) is 4.48. The Bertz CT molecular complexity index is 976. The minimum absolute atomic E-state index is 0.178. The van der Waals surface area contributed by atoms with Gasteiger partial charge in [-0.25, -0.2) is 24.9 Å². The summed E-state index contributed by atoms with van der Waals surface area (Å²) in [4.78, 5) is 19.1. The number of para-hydroxylation sites is 1. The number of hydrogen-bond acceptors (Lipinski definition) is 7. The summed E-state index contributed by atoms with van der Waals surface area (Å²) in [7, 11) is 0. The normalized spacial score (nSPS) is 10.2. The van der Waals surface area contributed by atoms with Crippen LogP contribution in [0.15, 0.2) is 53.5 Å². The summed E-state index contributed by atoms with van der Waals surface area (Å²) in [6, 6.07) is 8.92. The molecule has 1 N–H and O–H groups in total. The molecule has 3 aromatic heterocycles. The number of halogens is 3. The van der Waals surface area contributed by atoms with Crippen molar-refractivity contribution < 1.29 is 4.42 Å². The molecule has 1 aromatic carbocycles. The van der Waals surface area contributed by atoms with E-state index in [4.69, 9.17) is 39.2 Å². The van der Waals surface area contributed by atoms with Crippen LogP contribution in [-0.2, 0) is 0 Å². The second-order valence-electron chi connectivity index (χ2n) is 4.49. The lowest BCUT2D eigenvalue weighted by atomic mass is 10.3. The Morgan fingerprint density at radius 3 is 2.28 bits per heavy atom. The summed E-state index contributed by atoms with van der Waals surface area (Å²) in [5.74, 6) is 0.605. The van der Waals surface area contributed by atoms with E-state index in [-0.39, 0.29) is 10.6 Å². The van der Waals surface area contributed by atoms with E-state index in [0.717, 1.165) is 11.2 Å². The minimum Gasteiger partial charge on any atom is -0.441 e. The molecule has 0 aliphatic carbocycles. The van der Waals surface area contributed by atoms with Crippen molar-refractivity contribution in [2.24, 2.45) is 0 Å². The van der Waals surface area contributed by atoms with E-state index in [1.165, 1.54) is 12.6 Å². The van der Waals surface area contributed by atoms with Crippen molar-refractivity contribution in [3.8, 4) is 0 Å². The van der Waals surface area contributed by atoms with Crippen molar-refractivity contribution in [1.82, 2.24) is 24.9 Å². The van der Waals surface area contributed by atoms with Crippen LogP contribution in [0.5, 0.6) is 0 Å². The average Bonchev–Trinajstić information content (AvgIpc) is 3.05. The minimum atomic E-state index is 0.178. The maximum absolute atomic E-state index is 5.71. The Kier molecular flexibility index (Phi) is 5.60. The van der Waals surface area contributed by atoms with E-state index in [2.05, 4.69) is 30.2 Å². The molecule has 7 nitrogen and oxygen atoms in total. The van der Waals surface area contributed by atoms with Crippen molar-refractivity contribution in [2.45, 2.75) is 0 Å². The molecule has 126 valence electrons. The summed E-state index contributed by atoms with van der Waals surface area (Å²) in [6.45, 7) is 0. The number of rotatable bonds is 2. The van der Waals surface area contributed by atoms with Gasteiger partial charge in [0.15, 0.2) is 12.0 Å². The number of benzene rings is 1. The zero-order valence-electron chi connectivity index (χ0n) is 12.4. The predicted molar refractivity (Wildman–Crippen MR) is 96.4 cm³/mol. The smallest absolute Gasteiger partial charge is 0.224 e. The maximum Gasteiger partial charge on any atom is 0.224 e. The molecule has 25 heavy (non-hydrogen) atoms. The van der Waals surface area contributed by atoms with Crippen LogP contribution in [0.4, 0.5) is 11.5 Å². The summed E-state index contributed by atoms with van der Waals surface area (Å²) >= 11 is 16.5. The third-order valence-electron chi connectivity index (χ3n) is 2.84. The number of fused-ring (bicyclic) bond motifs is 1. The van der Waals surface area contributed by atoms with Crippen molar-refractivity contribution in [3.05, 3.63) is 64.8 Å². The van der Waals surface area contributed by atoms with Gasteiger partial charge in [-0.05, 0) is 47.5 Å². The van der Waals surface area contributed by atoms with Gasteiger partial charge in [-0.1, -0.05) is 17.7 Å². The number of anilines is 2. The topological polar surface area (TPSA) is 89.6 Å². The first-order valence-corrected chi connectivity index (χ1v) is 7.97. The molecule has 0 saturated carbocycles. The SMILES string of the molecule is Clc1ccnc(Cl)n1.Clc1nccc(Nc2cccc3ncoc23)n1. The monoisotopic (exact) mass is 394 g/mol. The van der Waals surface area contributed by atoms with Crippen LogP contribution >= 0.6 is 34.8 Å². The molecule has 0 aliphatic heterocycles. The summed E-state index contributed by atoms with van der Waals surface area (Å²) < 4.78 is 5.30. The van der Waals surface area contributed by atoms with E-state index in [9.17, 15) is 0 Å². The Balaban J connectivity index is 0.000000192. The van der Waals surface area contributed by atoms with Crippen LogP contribution in [0, 0.1) is 0 Å². The van der Waals surface area contributed by atoms with Gasteiger partial charge in [-0.15, -0.1) is 0 Å². The first kappa shape index (κ1) is 17.3. The lowest BCUT2D eigenvalue weighted by Gasteiger charge is -2.04. The second kappa shape index (κ2) is 8.06. The van der Waals surface area contributed by atoms with Gasteiger partial charge < -0.3 is 9.73 Å². The number of nitrogens with zero attached hydrogens (tertiary/aromatic N) is 5. The quantitative estimate of drug-likeness (QED) is 0.385. The van der Waals surface area contributed by atoms with Gasteiger partial charge in [0.25, 0.3) is 0 Å². The van der Waals surface area contributed by atoms with Crippen LogP contribution in [0.1, 0.15) is 0 Å². The molecule has 0 aliphatic rings. The largest absolute Gasteiger partial charge is 0.441 e. The summed E-state index contributed by atoms with van der Waals surface area (Å²) in [5.41, 5.74) is 2.26. The molecule has 4 rings (SSSR count). The van der Waals surface area contributed by atoms with Crippen molar-refractivity contribution in [2.75, 3.05) is 5.32 Å². The number of hydrogen-bond donors (Lipinski definition) is 1. The van der Waals surface area contributed by atoms with E-state index in [0.29, 0.717) is 16.6 Å². The highest BCUT2D eigenvalue weighted by Gasteiger charge is 2.06. The fourth-order valence-electron chi connectivity index (χ4n) is 1.84. The molecular weight excluding hydrogens is 387 g/mol. The van der Waals surface area contributed by atoms with Crippen LogP contribution in [0.25, 0.3) is 11.1 Å². The average molecular weight is 396 g/mol. The zero-order valence-corrected chi connectivity index (χ0v) is 14.7. The van der Waals surface area contributed by atoms with Gasteiger partial charge in [0, 0.05) is 12.4 Å². The molecule has 4 aromatic rings. The van der Waals surface area contributed by atoms with Gasteiger partial charge in [0.1, 0.15) is 16.5 Å². The fourth-order valence-corrected chi connectivity index (χ4v) is 2.32. The summed E-state index contributed by atoms with van der Waals surface area (Å²) in [5, 5.41) is 3.84.